The number of carbonyl (C=O) groups is 1. The van der Waals surface area contributed by atoms with Gasteiger partial charge >= 0.3 is 0 Å². The van der Waals surface area contributed by atoms with Crippen LogP contribution in [0.25, 0.3) is 6.08 Å². The first kappa shape index (κ1) is 19.3. The average Bonchev–Trinajstić information content (AvgIpc) is 3.29. The minimum Gasteiger partial charge on any atom is -0.490 e. The second-order valence-electron chi connectivity index (χ2n) is 7.53. The van der Waals surface area contributed by atoms with Crippen molar-refractivity contribution in [2.45, 2.75) is 31.8 Å². The van der Waals surface area contributed by atoms with E-state index in [2.05, 4.69) is 10.2 Å². The topological polar surface area (TPSA) is 84.9 Å². The normalized spacial score (nSPS) is 26.2. The Bertz CT molecular complexity index is 890. The molecule has 3 aliphatic rings. The number of nitrogens with one attached hydrogen (secondary N) is 1. The lowest BCUT2D eigenvalue weighted by Gasteiger charge is -2.29. The number of fused-ring (bicyclic) bond motifs is 1. The quantitative estimate of drug-likeness (QED) is 0.792. The van der Waals surface area contributed by atoms with E-state index in [1.807, 2.05) is 25.1 Å². The predicted molar refractivity (Wildman–Crippen MR) is 106 cm³/mol. The van der Waals surface area contributed by atoms with Crippen molar-refractivity contribution in [1.82, 2.24) is 10.2 Å². The third kappa shape index (κ3) is 3.89. The molecule has 1 N–H and O–H groups in total. The van der Waals surface area contributed by atoms with Crippen LogP contribution in [-0.4, -0.2) is 69.1 Å². The Balaban J connectivity index is 1.51. The van der Waals surface area contributed by atoms with Crippen LogP contribution in [-0.2, 0) is 14.6 Å². The van der Waals surface area contributed by atoms with Crippen LogP contribution >= 0.6 is 0 Å². The second-order valence-corrected chi connectivity index (χ2v) is 9.69. The molecular weight excluding hydrogens is 380 g/mol. The van der Waals surface area contributed by atoms with Gasteiger partial charge in [-0.2, -0.15) is 0 Å². The van der Waals surface area contributed by atoms with E-state index in [1.54, 1.807) is 6.08 Å². The maximum atomic E-state index is 12.8. The molecule has 0 spiro atoms. The van der Waals surface area contributed by atoms with Crippen LogP contribution in [0.3, 0.4) is 0 Å². The minimum atomic E-state index is -3.14. The minimum absolute atomic E-state index is 0.000874. The number of sulfone groups is 1. The van der Waals surface area contributed by atoms with Crippen molar-refractivity contribution in [3.63, 3.8) is 0 Å². The predicted octanol–water partition coefficient (Wildman–Crippen LogP) is 1.24. The van der Waals surface area contributed by atoms with Crippen LogP contribution in [0.5, 0.6) is 11.5 Å². The molecule has 1 aromatic carbocycles. The Morgan fingerprint density at radius 3 is 2.82 bits per heavy atom. The molecule has 7 nitrogen and oxygen atoms in total. The third-order valence-electron chi connectivity index (χ3n) is 5.55. The average molecular weight is 407 g/mol. The number of ether oxygens (including phenoxy) is 2. The van der Waals surface area contributed by atoms with Crippen molar-refractivity contribution in [2.24, 2.45) is 0 Å². The number of para-hydroxylation sites is 1. The number of amides is 1. The number of nitrogens with zero attached hydrogens (tertiary/aromatic N) is 1. The van der Waals surface area contributed by atoms with Gasteiger partial charge in [-0.1, -0.05) is 12.1 Å². The molecule has 1 aromatic rings. The fourth-order valence-corrected chi connectivity index (χ4v) is 6.19. The molecule has 3 heterocycles. The molecule has 0 radical (unpaired) electrons. The number of carbonyl (C=O) groups excluding carboxylic acids is 1. The summed E-state index contributed by atoms with van der Waals surface area (Å²) >= 11 is 0. The summed E-state index contributed by atoms with van der Waals surface area (Å²) in [6.07, 6.45) is 3.95. The van der Waals surface area contributed by atoms with Crippen molar-refractivity contribution in [3.8, 4) is 11.5 Å². The maximum absolute atomic E-state index is 12.8. The van der Waals surface area contributed by atoms with E-state index in [1.165, 1.54) is 0 Å². The third-order valence-corrected chi connectivity index (χ3v) is 7.27. The molecule has 2 fully saturated rings. The summed E-state index contributed by atoms with van der Waals surface area (Å²) < 4.78 is 35.8. The fraction of sp³-hybridized carbons (Fsp3) is 0.550. The van der Waals surface area contributed by atoms with Gasteiger partial charge in [0, 0.05) is 11.6 Å². The molecule has 4 rings (SSSR count). The van der Waals surface area contributed by atoms with Gasteiger partial charge in [0.1, 0.15) is 6.61 Å². The summed E-state index contributed by atoms with van der Waals surface area (Å²) in [5, 5.41) is 2.96. The number of likely N-dealkylation sites (tertiary alicyclic amines) is 1. The molecule has 2 atom stereocenters. The summed E-state index contributed by atoms with van der Waals surface area (Å²) in [5.41, 5.74) is 1.28. The fourth-order valence-electron chi connectivity index (χ4n) is 4.24. The van der Waals surface area contributed by atoms with Crippen LogP contribution in [0, 0.1) is 0 Å². The van der Waals surface area contributed by atoms with Gasteiger partial charge in [0.05, 0.1) is 29.7 Å². The largest absolute Gasteiger partial charge is 0.490 e. The number of hydrogen-bond donors (Lipinski definition) is 1. The monoisotopic (exact) mass is 406 g/mol. The van der Waals surface area contributed by atoms with Gasteiger partial charge in [-0.05, 0) is 45.0 Å². The Labute approximate surface area is 165 Å². The maximum Gasteiger partial charge on any atom is 0.250 e. The molecule has 0 saturated carbocycles. The highest BCUT2D eigenvalue weighted by atomic mass is 32.2. The van der Waals surface area contributed by atoms with Crippen molar-refractivity contribution < 1.29 is 22.7 Å². The Morgan fingerprint density at radius 2 is 2.07 bits per heavy atom. The highest BCUT2D eigenvalue weighted by molar-refractivity contribution is 7.91. The van der Waals surface area contributed by atoms with E-state index in [9.17, 15) is 13.2 Å². The SMILES string of the molecule is CCOc1cccc2c1OCC(C(=O)NC1CS(=O)(=O)CC1N1CCCC1)=C2. The van der Waals surface area contributed by atoms with Crippen LogP contribution in [0.2, 0.25) is 0 Å². The Kier molecular flexibility index (Phi) is 5.33. The van der Waals surface area contributed by atoms with E-state index in [4.69, 9.17) is 9.47 Å². The van der Waals surface area contributed by atoms with Crippen LogP contribution < -0.4 is 14.8 Å². The van der Waals surface area contributed by atoms with E-state index >= 15 is 0 Å². The first-order valence-electron chi connectivity index (χ1n) is 9.81. The van der Waals surface area contributed by atoms with Crippen molar-refractivity contribution in [2.75, 3.05) is 37.8 Å². The second kappa shape index (κ2) is 7.75. The van der Waals surface area contributed by atoms with Gasteiger partial charge in [0.2, 0.25) is 0 Å². The number of hydrogen-bond acceptors (Lipinski definition) is 6. The van der Waals surface area contributed by atoms with Crippen molar-refractivity contribution in [1.29, 1.82) is 0 Å². The molecule has 2 unspecified atom stereocenters. The van der Waals surface area contributed by atoms with Crippen molar-refractivity contribution in [3.05, 3.63) is 29.3 Å². The summed E-state index contributed by atoms with van der Waals surface area (Å²) in [5.74, 6) is 1.15. The van der Waals surface area contributed by atoms with E-state index in [0.29, 0.717) is 23.7 Å². The van der Waals surface area contributed by atoms with Crippen LogP contribution in [0.15, 0.2) is 23.8 Å². The zero-order valence-electron chi connectivity index (χ0n) is 16.0. The lowest BCUT2D eigenvalue weighted by atomic mass is 10.1. The zero-order chi connectivity index (χ0) is 19.7. The molecule has 8 heteroatoms. The molecule has 3 aliphatic heterocycles. The van der Waals surface area contributed by atoms with E-state index in [-0.39, 0.29) is 36.1 Å². The molecule has 0 bridgehead atoms. The smallest absolute Gasteiger partial charge is 0.250 e. The summed E-state index contributed by atoms with van der Waals surface area (Å²) in [4.78, 5) is 15.0. The molecule has 0 aliphatic carbocycles. The van der Waals surface area contributed by atoms with E-state index < -0.39 is 9.84 Å². The van der Waals surface area contributed by atoms with Crippen molar-refractivity contribution >= 4 is 21.8 Å². The van der Waals surface area contributed by atoms with Gasteiger partial charge in [0.15, 0.2) is 21.3 Å². The van der Waals surface area contributed by atoms with Gasteiger partial charge in [-0.3, -0.25) is 9.69 Å². The lowest BCUT2D eigenvalue weighted by Crippen LogP contribution is -2.50. The first-order chi connectivity index (χ1) is 13.5. The lowest BCUT2D eigenvalue weighted by molar-refractivity contribution is -0.118. The standard InChI is InChI=1S/C20H26N2O5S/c1-2-26-18-7-5-6-14-10-15(11-27-19(14)18)20(23)21-16-12-28(24,25)13-17(16)22-8-3-4-9-22/h5-7,10,16-17H,2-4,8-9,11-13H2,1H3,(H,21,23). The molecule has 1 amide bonds. The molecule has 2 saturated heterocycles. The van der Waals surface area contributed by atoms with Gasteiger partial charge < -0.3 is 14.8 Å². The Morgan fingerprint density at radius 1 is 1.29 bits per heavy atom. The van der Waals surface area contributed by atoms with Gasteiger partial charge in [0.25, 0.3) is 5.91 Å². The van der Waals surface area contributed by atoms with Gasteiger partial charge in [-0.15, -0.1) is 0 Å². The van der Waals surface area contributed by atoms with Crippen LogP contribution in [0.1, 0.15) is 25.3 Å². The summed E-state index contributed by atoms with van der Waals surface area (Å²) in [6, 6.07) is 5.05. The number of rotatable bonds is 5. The zero-order valence-corrected chi connectivity index (χ0v) is 16.8. The van der Waals surface area contributed by atoms with Crippen LogP contribution in [0.4, 0.5) is 0 Å². The summed E-state index contributed by atoms with van der Waals surface area (Å²) in [7, 11) is -3.14. The highest BCUT2D eigenvalue weighted by Crippen LogP contribution is 2.36. The summed E-state index contributed by atoms with van der Waals surface area (Å²) in [6.45, 7) is 4.36. The van der Waals surface area contributed by atoms with E-state index in [0.717, 1.165) is 31.5 Å². The molecule has 0 aromatic heterocycles. The Hall–Kier alpha value is -2.06. The molecule has 152 valence electrons. The molecular formula is C20H26N2O5S. The first-order valence-corrected chi connectivity index (χ1v) is 11.6. The highest BCUT2D eigenvalue weighted by Gasteiger charge is 2.42. The number of benzene rings is 1. The molecule has 28 heavy (non-hydrogen) atoms. The van der Waals surface area contributed by atoms with Gasteiger partial charge in [-0.25, -0.2) is 8.42 Å².